The number of fused-ring (bicyclic) bond motifs is 1. The van der Waals surface area contributed by atoms with Gasteiger partial charge in [-0.2, -0.15) is 0 Å². The van der Waals surface area contributed by atoms with Crippen molar-refractivity contribution in [3.8, 4) is 0 Å². The van der Waals surface area contributed by atoms with Crippen molar-refractivity contribution in [1.82, 2.24) is 15.3 Å². The first-order valence-corrected chi connectivity index (χ1v) is 4.79. The molecule has 1 aromatic rings. The van der Waals surface area contributed by atoms with E-state index in [2.05, 4.69) is 29.1 Å². The van der Waals surface area contributed by atoms with Crippen molar-refractivity contribution in [2.24, 2.45) is 5.92 Å². The minimum absolute atomic E-state index is 0.106. The molecule has 14 heavy (non-hydrogen) atoms. The SMILES string of the molecule is CC(C)C1CNC(=O)c2nccnc21. The second-order valence-corrected chi connectivity index (χ2v) is 3.85. The summed E-state index contributed by atoms with van der Waals surface area (Å²) in [5.41, 5.74) is 1.32. The van der Waals surface area contributed by atoms with Crippen LogP contribution in [-0.2, 0) is 0 Å². The number of carbonyl (C=O) groups excluding carboxylic acids is 1. The number of aromatic nitrogens is 2. The molecule has 1 aromatic heterocycles. The van der Waals surface area contributed by atoms with Crippen molar-refractivity contribution in [3.63, 3.8) is 0 Å². The standard InChI is InChI=1S/C10H13N3O/c1-6(2)7-5-13-10(14)9-8(7)11-3-4-12-9/h3-4,6-7H,5H2,1-2H3,(H,13,14). The lowest BCUT2D eigenvalue weighted by atomic mass is 9.88. The highest BCUT2D eigenvalue weighted by molar-refractivity contribution is 5.94. The summed E-state index contributed by atoms with van der Waals surface area (Å²) in [6.07, 6.45) is 3.20. The lowest BCUT2D eigenvalue weighted by Gasteiger charge is -2.26. The minimum atomic E-state index is -0.106. The van der Waals surface area contributed by atoms with Crippen LogP contribution in [0.1, 0.15) is 35.9 Å². The van der Waals surface area contributed by atoms with Crippen LogP contribution in [0.3, 0.4) is 0 Å². The van der Waals surface area contributed by atoms with E-state index in [0.29, 0.717) is 18.2 Å². The maximum atomic E-state index is 11.4. The molecular weight excluding hydrogens is 178 g/mol. The Morgan fingerprint density at radius 3 is 2.86 bits per heavy atom. The second kappa shape index (κ2) is 3.36. The second-order valence-electron chi connectivity index (χ2n) is 3.85. The van der Waals surface area contributed by atoms with Crippen LogP contribution in [0.2, 0.25) is 0 Å². The molecule has 0 aliphatic carbocycles. The zero-order valence-electron chi connectivity index (χ0n) is 8.32. The number of rotatable bonds is 1. The molecule has 4 nitrogen and oxygen atoms in total. The molecule has 1 N–H and O–H groups in total. The smallest absolute Gasteiger partial charge is 0.271 e. The van der Waals surface area contributed by atoms with Crippen molar-refractivity contribution >= 4 is 5.91 Å². The molecule has 1 aliphatic heterocycles. The van der Waals surface area contributed by atoms with Crippen LogP contribution in [0.4, 0.5) is 0 Å². The van der Waals surface area contributed by atoms with Crippen molar-refractivity contribution in [2.75, 3.05) is 6.54 Å². The number of hydrogen-bond donors (Lipinski definition) is 1. The molecule has 1 aliphatic rings. The van der Waals surface area contributed by atoms with Gasteiger partial charge in [0.1, 0.15) is 5.69 Å². The van der Waals surface area contributed by atoms with E-state index in [9.17, 15) is 4.79 Å². The van der Waals surface area contributed by atoms with Gasteiger partial charge < -0.3 is 5.32 Å². The van der Waals surface area contributed by atoms with Gasteiger partial charge in [-0.1, -0.05) is 13.8 Å². The first-order valence-electron chi connectivity index (χ1n) is 4.79. The van der Waals surface area contributed by atoms with Gasteiger partial charge in [0.05, 0.1) is 5.69 Å². The molecule has 2 rings (SSSR count). The molecule has 0 saturated carbocycles. The fourth-order valence-corrected chi connectivity index (χ4v) is 1.73. The summed E-state index contributed by atoms with van der Waals surface area (Å²) < 4.78 is 0. The van der Waals surface area contributed by atoms with Gasteiger partial charge in [0.25, 0.3) is 5.91 Å². The van der Waals surface area contributed by atoms with E-state index < -0.39 is 0 Å². The van der Waals surface area contributed by atoms with E-state index in [4.69, 9.17) is 0 Å². The molecule has 0 radical (unpaired) electrons. The van der Waals surface area contributed by atoms with Crippen LogP contribution in [0.15, 0.2) is 12.4 Å². The summed E-state index contributed by atoms with van der Waals surface area (Å²) in [6, 6.07) is 0. The molecule has 0 saturated heterocycles. The highest BCUT2D eigenvalue weighted by atomic mass is 16.1. The average molecular weight is 191 g/mol. The molecule has 1 unspecified atom stereocenters. The number of nitrogens with one attached hydrogen (secondary N) is 1. The predicted molar refractivity (Wildman–Crippen MR) is 51.9 cm³/mol. The monoisotopic (exact) mass is 191 g/mol. The molecular formula is C10H13N3O. The molecule has 0 aromatic carbocycles. The highest BCUT2D eigenvalue weighted by Gasteiger charge is 2.29. The molecule has 0 fully saturated rings. The molecule has 4 heteroatoms. The van der Waals surface area contributed by atoms with Crippen molar-refractivity contribution in [2.45, 2.75) is 19.8 Å². The fraction of sp³-hybridized carbons (Fsp3) is 0.500. The van der Waals surface area contributed by atoms with Crippen LogP contribution >= 0.6 is 0 Å². The largest absolute Gasteiger partial charge is 0.350 e. The van der Waals surface area contributed by atoms with Gasteiger partial charge in [0.2, 0.25) is 0 Å². The zero-order chi connectivity index (χ0) is 10.1. The first kappa shape index (κ1) is 9.12. The van der Waals surface area contributed by atoms with Crippen LogP contribution in [0.25, 0.3) is 0 Å². The molecule has 74 valence electrons. The lowest BCUT2D eigenvalue weighted by molar-refractivity contribution is 0.0928. The number of amides is 1. The maximum Gasteiger partial charge on any atom is 0.271 e. The fourth-order valence-electron chi connectivity index (χ4n) is 1.73. The Labute approximate surface area is 82.8 Å². The van der Waals surface area contributed by atoms with Crippen molar-refractivity contribution in [3.05, 3.63) is 23.8 Å². The quantitative estimate of drug-likeness (QED) is 0.719. The number of hydrogen-bond acceptors (Lipinski definition) is 3. The van der Waals surface area contributed by atoms with Gasteiger partial charge in [0, 0.05) is 24.9 Å². The van der Waals surface area contributed by atoms with Crippen molar-refractivity contribution < 1.29 is 4.79 Å². The molecule has 2 heterocycles. The summed E-state index contributed by atoms with van der Waals surface area (Å²) in [6.45, 7) is 4.92. The summed E-state index contributed by atoms with van der Waals surface area (Å²) in [5.74, 6) is 0.646. The summed E-state index contributed by atoms with van der Waals surface area (Å²) >= 11 is 0. The van der Waals surface area contributed by atoms with Crippen LogP contribution in [-0.4, -0.2) is 22.4 Å². The maximum absolute atomic E-state index is 11.4. The minimum Gasteiger partial charge on any atom is -0.350 e. The van der Waals surface area contributed by atoms with Gasteiger partial charge in [0.15, 0.2) is 0 Å². The Bertz CT molecular complexity index is 362. The lowest BCUT2D eigenvalue weighted by Crippen LogP contribution is -2.38. The van der Waals surface area contributed by atoms with Gasteiger partial charge in [-0.15, -0.1) is 0 Å². The Kier molecular flexibility index (Phi) is 2.19. The molecule has 1 atom stereocenters. The topological polar surface area (TPSA) is 54.9 Å². The summed E-state index contributed by atoms with van der Waals surface area (Å²) in [4.78, 5) is 19.7. The van der Waals surface area contributed by atoms with E-state index in [1.807, 2.05) is 0 Å². The average Bonchev–Trinajstić information content (AvgIpc) is 2.18. The third kappa shape index (κ3) is 1.36. The predicted octanol–water partition coefficient (Wildman–Crippen LogP) is 0.960. The molecule has 0 bridgehead atoms. The third-order valence-electron chi connectivity index (χ3n) is 2.58. The highest BCUT2D eigenvalue weighted by Crippen LogP contribution is 2.26. The van der Waals surface area contributed by atoms with Crippen LogP contribution < -0.4 is 5.32 Å². The number of nitrogens with zero attached hydrogens (tertiary/aromatic N) is 2. The van der Waals surface area contributed by atoms with Crippen LogP contribution in [0, 0.1) is 5.92 Å². The zero-order valence-corrected chi connectivity index (χ0v) is 8.32. The summed E-state index contributed by atoms with van der Waals surface area (Å²) in [5, 5.41) is 2.83. The Morgan fingerprint density at radius 1 is 1.43 bits per heavy atom. The van der Waals surface area contributed by atoms with Gasteiger partial charge >= 0.3 is 0 Å². The van der Waals surface area contributed by atoms with Gasteiger partial charge in [-0.25, -0.2) is 4.98 Å². The van der Waals surface area contributed by atoms with E-state index in [1.165, 1.54) is 0 Å². The van der Waals surface area contributed by atoms with E-state index in [-0.39, 0.29) is 11.8 Å². The molecule has 1 amide bonds. The van der Waals surface area contributed by atoms with E-state index in [0.717, 1.165) is 5.69 Å². The normalized spacial score (nSPS) is 20.5. The Balaban J connectivity index is 2.46. The van der Waals surface area contributed by atoms with Gasteiger partial charge in [-0.05, 0) is 5.92 Å². The summed E-state index contributed by atoms with van der Waals surface area (Å²) in [7, 11) is 0. The first-order chi connectivity index (χ1) is 6.70. The number of carbonyl (C=O) groups is 1. The van der Waals surface area contributed by atoms with Gasteiger partial charge in [-0.3, -0.25) is 9.78 Å². The van der Waals surface area contributed by atoms with E-state index >= 15 is 0 Å². The van der Waals surface area contributed by atoms with Crippen molar-refractivity contribution in [1.29, 1.82) is 0 Å². The molecule has 0 spiro atoms. The van der Waals surface area contributed by atoms with Crippen LogP contribution in [0.5, 0.6) is 0 Å². The Morgan fingerprint density at radius 2 is 2.14 bits per heavy atom. The van der Waals surface area contributed by atoms with E-state index in [1.54, 1.807) is 12.4 Å². The Hall–Kier alpha value is -1.45. The third-order valence-corrected chi connectivity index (χ3v) is 2.58.